The molecule has 0 spiro atoms. The highest BCUT2D eigenvalue weighted by Crippen LogP contribution is 2.62. The van der Waals surface area contributed by atoms with Gasteiger partial charge in [-0.05, 0) is 18.2 Å². The highest BCUT2D eigenvalue weighted by Gasteiger charge is 2.36. The maximum Gasteiger partial charge on any atom is 0.181 e. The maximum atomic E-state index is 6.18. The van der Waals surface area contributed by atoms with Crippen molar-refractivity contribution < 1.29 is 23.7 Å². The van der Waals surface area contributed by atoms with Crippen LogP contribution in [0.5, 0.6) is 28.7 Å². The van der Waals surface area contributed by atoms with Crippen LogP contribution < -0.4 is 23.7 Å². The van der Waals surface area contributed by atoms with Gasteiger partial charge in [0.1, 0.15) is 32.2 Å². The second-order valence-electron chi connectivity index (χ2n) is 8.85. The molecule has 6 rings (SSSR count). The first-order valence-electron chi connectivity index (χ1n) is 10.6. The summed E-state index contributed by atoms with van der Waals surface area (Å²) in [6, 6.07) is 0. The van der Waals surface area contributed by atoms with E-state index in [1.165, 1.54) is 10.4 Å². The van der Waals surface area contributed by atoms with Gasteiger partial charge >= 0.3 is 0 Å². The molecule has 0 aliphatic carbocycles. The standard InChI is InChI=1S/C23H24O5S3/c1-23(2,3)22-17-16(27-9-10-28-17)21(31-22)20-15-14(25-7-8-26-15)19(30-20)18-13-12(11-29-18)5-4-6-24-13/h11H,4-10H2,1-3H3. The molecule has 0 saturated heterocycles. The lowest BCUT2D eigenvalue weighted by atomic mass is 9.94. The van der Waals surface area contributed by atoms with Gasteiger partial charge in [0.15, 0.2) is 23.0 Å². The first kappa shape index (κ1) is 19.8. The SMILES string of the molecule is CC(C)(C)c1sc(-c2sc(-c3scc4c3OCCC4)c3c2OCCO3)c2c1OCCO2. The largest absolute Gasteiger partial charge is 0.492 e. The zero-order valence-electron chi connectivity index (χ0n) is 17.8. The number of fused-ring (bicyclic) bond motifs is 3. The molecule has 8 heteroatoms. The second-order valence-corrected chi connectivity index (χ2v) is 11.8. The number of thiophene rings is 3. The van der Waals surface area contributed by atoms with E-state index in [9.17, 15) is 0 Å². The Morgan fingerprint density at radius 3 is 1.87 bits per heavy atom. The van der Waals surface area contributed by atoms with E-state index in [1.54, 1.807) is 34.0 Å². The van der Waals surface area contributed by atoms with E-state index in [2.05, 4.69) is 26.2 Å². The van der Waals surface area contributed by atoms with Crippen LogP contribution in [-0.4, -0.2) is 33.0 Å². The van der Waals surface area contributed by atoms with Crippen LogP contribution in [0.4, 0.5) is 0 Å². The lowest BCUT2D eigenvalue weighted by Crippen LogP contribution is -2.18. The van der Waals surface area contributed by atoms with E-state index in [-0.39, 0.29) is 5.41 Å². The topological polar surface area (TPSA) is 46.2 Å². The minimum absolute atomic E-state index is 0.0358. The molecule has 0 saturated carbocycles. The summed E-state index contributed by atoms with van der Waals surface area (Å²) in [6.07, 6.45) is 2.15. The van der Waals surface area contributed by atoms with Crippen LogP contribution in [0.25, 0.3) is 19.5 Å². The van der Waals surface area contributed by atoms with Gasteiger partial charge < -0.3 is 23.7 Å². The van der Waals surface area contributed by atoms with E-state index >= 15 is 0 Å². The van der Waals surface area contributed by atoms with Crippen LogP contribution in [0.3, 0.4) is 0 Å². The monoisotopic (exact) mass is 476 g/mol. The van der Waals surface area contributed by atoms with Crippen molar-refractivity contribution in [1.29, 1.82) is 0 Å². The molecule has 0 radical (unpaired) electrons. The minimum Gasteiger partial charge on any atom is -0.492 e. The van der Waals surface area contributed by atoms with Gasteiger partial charge in [0.2, 0.25) is 0 Å². The van der Waals surface area contributed by atoms with E-state index in [0.29, 0.717) is 26.4 Å². The molecule has 0 atom stereocenters. The first-order chi connectivity index (χ1) is 15.0. The van der Waals surface area contributed by atoms with E-state index in [4.69, 9.17) is 23.7 Å². The zero-order valence-corrected chi connectivity index (χ0v) is 20.2. The average Bonchev–Trinajstić information content (AvgIpc) is 3.46. The van der Waals surface area contributed by atoms with Crippen LogP contribution >= 0.6 is 34.0 Å². The Labute approximate surface area is 193 Å². The molecule has 0 unspecified atom stereocenters. The van der Waals surface area contributed by atoms with Crippen LogP contribution in [0.2, 0.25) is 0 Å². The number of hydrogen-bond donors (Lipinski definition) is 0. The Hall–Kier alpha value is -1.90. The predicted molar refractivity (Wildman–Crippen MR) is 125 cm³/mol. The van der Waals surface area contributed by atoms with Crippen LogP contribution in [0, 0.1) is 0 Å². The summed E-state index contributed by atoms with van der Waals surface area (Å²) in [6.45, 7) is 9.66. The van der Waals surface area contributed by atoms with Gasteiger partial charge in [-0.25, -0.2) is 0 Å². The molecule has 0 N–H and O–H groups in total. The van der Waals surface area contributed by atoms with Crippen molar-refractivity contribution in [1.82, 2.24) is 0 Å². The fourth-order valence-corrected chi connectivity index (χ4v) is 7.90. The second kappa shape index (κ2) is 7.32. The summed E-state index contributed by atoms with van der Waals surface area (Å²) in [7, 11) is 0. The molecule has 0 aromatic carbocycles. The molecule has 164 valence electrons. The zero-order chi connectivity index (χ0) is 21.2. The van der Waals surface area contributed by atoms with Crippen LogP contribution in [-0.2, 0) is 11.8 Å². The van der Waals surface area contributed by atoms with Crippen LogP contribution in [0.15, 0.2) is 5.38 Å². The summed E-state index contributed by atoms with van der Waals surface area (Å²) < 4.78 is 30.6. The molecular weight excluding hydrogens is 452 g/mol. The molecule has 3 aliphatic heterocycles. The predicted octanol–water partition coefficient (Wildman–Crippen LogP) is 6.37. The first-order valence-corrected chi connectivity index (χ1v) is 13.1. The third-order valence-electron chi connectivity index (χ3n) is 5.55. The molecule has 3 aromatic heterocycles. The third-order valence-corrected chi connectivity index (χ3v) is 9.61. The summed E-state index contributed by atoms with van der Waals surface area (Å²) in [5, 5.41) is 2.22. The molecule has 0 amide bonds. The normalized spacial score (nSPS) is 17.3. The Morgan fingerprint density at radius 1 is 0.645 bits per heavy atom. The van der Waals surface area contributed by atoms with Crippen molar-refractivity contribution in [3.05, 3.63) is 15.8 Å². The lowest BCUT2D eigenvalue weighted by molar-refractivity contribution is 0.170. The van der Waals surface area contributed by atoms with Gasteiger partial charge in [-0.15, -0.1) is 34.0 Å². The highest BCUT2D eigenvalue weighted by atomic mass is 32.1. The average molecular weight is 477 g/mol. The highest BCUT2D eigenvalue weighted by molar-refractivity contribution is 7.27. The van der Waals surface area contributed by atoms with Crippen molar-refractivity contribution in [2.24, 2.45) is 0 Å². The Bertz CT molecular complexity index is 1150. The third kappa shape index (κ3) is 3.14. The fourth-order valence-electron chi connectivity index (χ4n) is 4.15. The van der Waals surface area contributed by atoms with Gasteiger partial charge in [0.05, 0.1) is 31.0 Å². The van der Waals surface area contributed by atoms with E-state index < -0.39 is 0 Å². The minimum atomic E-state index is -0.0358. The van der Waals surface area contributed by atoms with Gasteiger partial charge in [-0.1, -0.05) is 20.8 Å². The van der Waals surface area contributed by atoms with Gasteiger partial charge in [0.25, 0.3) is 0 Å². The Kier molecular flexibility index (Phi) is 4.67. The molecule has 31 heavy (non-hydrogen) atoms. The molecule has 0 bridgehead atoms. The summed E-state index contributed by atoms with van der Waals surface area (Å²) in [5.74, 6) is 4.40. The summed E-state index contributed by atoms with van der Waals surface area (Å²) in [5.41, 5.74) is 1.26. The molecule has 3 aliphatic rings. The molecule has 5 nitrogen and oxygen atoms in total. The fraction of sp³-hybridized carbons (Fsp3) is 0.478. The Morgan fingerprint density at radius 2 is 1.19 bits per heavy atom. The number of rotatable bonds is 2. The van der Waals surface area contributed by atoms with Crippen LogP contribution in [0.1, 0.15) is 37.6 Å². The van der Waals surface area contributed by atoms with Crippen molar-refractivity contribution in [3.63, 3.8) is 0 Å². The van der Waals surface area contributed by atoms with Crippen molar-refractivity contribution >= 4 is 34.0 Å². The van der Waals surface area contributed by atoms with Crippen molar-refractivity contribution in [2.75, 3.05) is 33.0 Å². The maximum absolute atomic E-state index is 6.18. The summed E-state index contributed by atoms with van der Waals surface area (Å²) >= 11 is 5.19. The molecule has 3 aromatic rings. The smallest absolute Gasteiger partial charge is 0.181 e. The molecule has 0 fully saturated rings. The van der Waals surface area contributed by atoms with Crippen molar-refractivity contribution in [3.8, 4) is 48.3 Å². The quantitative estimate of drug-likeness (QED) is 0.430. The van der Waals surface area contributed by atoms with E-state index in [0.717, 1.165) is 67.7 Å². The van der Waals surface area contributed by atoms with Crippen molar-refractivity contribution in [2.45, 2.75) is 39.0 Å². The van der Waals surface area contributed by atoms with Gasteiger partial charge in [-0.3, -0.25) is 0 Å². The van der Waals surface area contributed by atoms with Gasteiger partial charge in [0, 0.05) is 11.0 Å². The Balaban J connectivity index is 1.55. The molecular formula is C23H24O5S3. The van der Waals surface area contributed by atoms with E-state index in [1.807, 2.05) is 0 Å². The number of aryl methyl sites for hydroxylation is 1. The number of hydrogen-bond acceptors (Lipinski definition) is 8. The number of ether oxygens (including phenoxy) is 5. The molecule has 6 heterocycles. The lowest BCUT2D eigenvalue weighted by Gasteiger charge is -2.22. The summed E-state index contributed by atoms with van der Waals surface area (Å²) in [4.78, 5) is 5.57. The van der Waals surface area contributed by atoms with Gasteiger partial charge in [-0.2, -0.15) is 0 Å².